The molecule has 162 valence electrons. The number of rotatable bonds is 8. The lowest BCUT2D eigenvalue weighted by Gasteiger charge is -2.60. The molecule has 29 heavy (non-hydrogen) atoms. The second-order valence-electron chi connectivity index (χ2n) is 11.7. The fourth-order valence-corrected chi connectivity index (χ4v) is 8.50. The summed E-state index contributed by atoms with van der Waals surface area (Å²) in [5.41, 5.74) is 3.10. The van der Waals surface area contributed by atoms with Gasteiger partial charge in [-0.05, 0) is 98.7 Å². The predicted molar refractivity (Wildman–Crippen MR) is 122 cm³/mol. The van der Waals surface area contributed by atoms with Crippen LogP contribution in [0.3, 0.4) is 0 Å². The number of hydrogen-bond acceptors (Lipinski definition) is 1. The molecule has 0 aromatic carbocycles. The van der Waals surface area contributed by atoms with Gasteiger partial charge in [-0.3, -0.25) is 0 Å². The normalized spacial score (nSPS) is 41.1. The summed E-state index contributed by atoms with van der Waals surface area (Å²) >= 11 is 0. The van der Waals surface area contributed by atoms with Gasteiger partial charge in [-0.15, -0.1) is 0 Å². The third-order valence-electron chi connectivity index (χ3n) is 10.1. The van der Waals surface area contributed by atoms with Crippen molar-refractivity contribution in [3.05, 3.63) is 11.6 Å². The Morgan fingerprint density at radius 3 is 2.55 bits per heavy atom. The van der Waals surface area contributed by atoms with Crippen LogP contribution in [0.15, 0.2) is 11.6 Å². The molecule has 4 aliphatic carbocycles. The van der Waals surface area contributed by atoms with Crippen LogP contribution >= 0.6 is 0 Å². The molecule has 4 rings (SSSR count). The fourth-order valence-electron chi connectivity index (χ4n) is 8.50. The lowest BCUT2D eigenvalue weighted by Crippen LogP contribution is -2.52. The first-order chi connectivity index (χ1) is 14.1. The van der Waals surface area contributed by atoms with Crippen LogP contribution in [0.1, 0.15) is 123 Å². The lowest BCUT2D eigenvalue weighted by molar-refractivity contribution is -0.0686. The van der Waals surface area contributed by atoms with E-state index in [0.717, 1.165) is 36.5 Å². The third kappa shape index (κ3) is 4.20. The minimum absolute atomic E-state index is 0.546. The summed E-state index contributed by atoms with van der Waals surface area (Å²) in [5.74, 6) is 4.00. The van der Waals surface area contributed by atoms with Crippen molar-refractivity contribution in [3.63, 3.8) is 0 Å². The van der Waals surface area contributed by atoms with E-state index in [1.54, 1.807) is 0 Å². The molecule has 1 nitrogen and oxygen atoms in total. The molecule has 6 atom stereocenters. The van der Waals surface area contributed by atoms with Crippen LogP contribution in [-0.4, -0.2) is 0 Å². The van der Waals surface area contributed by atoms with E-state index < -0.39 is 0 Å². The highest BCUT2D eigenvalue weighted by atomic mass is 14.6. The molecular weight excluding hydrogens is 350 g/mol. The highest BCUT2D eigenvalue weighted by Gasteiger charge is 2.58. The molecule has 3 fully saturated rings. The Morgan fingerprint density at radius 2 is 1.72 bits per heavy atom. The summed E-state index contributed by atoms with van der Waals surface area (Å²) in [7, 11) is 0. The van der Waals surface area contributed by atoms with Crippen LogP contribution in [0.4, 0.5) is 0 Å². The molecular formula is C28H45N. The van der Waals surface area contributed by atoms with Gasteiger partial charge in [0, 0.05) is 6.42 Å². The molecule has 0 unspecified atom stereocenters. The summed E-state index contributed by atoms with van der Waals surface area (Å²) in [6.45, 7) is 5.33. The zero-order chi connectivity index (χ0) is 20.3. The third-order valence-corrected chi connectivity index (χ3v) is 10.1. The molecule has 0 amide bonds. The van der Waals surface area contributed by atoms with Crippen molar-refractivity contribution in [3.8, 4) is 6.07 Å². The first-order valence-electron chi connectivity index (χ1n) is 13.1. The zero-order valence-electron chi connectivity index (χ0n) is 19.4. The molecule has 1 heteroatoms. The Kier molecular flexibility index (Phi) is 6.78. The highest BCUT2D eigenvalue weighted by Crippen LogP contribution is 2.67. The molecule has 0 aromatic heterocycles. The van der Waals surface area contributed by atoms with Crippen molar-refractivity contribution >= 4 is 0 Å². The maximum Gasteiger partial charge on any atom is 0.0621 e. The predicted octanol–water partition coefficient (Wildman–Crippen LogP) is 8.60. The lowest BCUT2D eigenvalue weighted by atomic mass is 9.45. The van der Waals surface area contributed by atoms with E-state index in [0.29, 0.717) is 10.8 Å². The molecule has 0 bridgehead atoms. The van der Waals surface area contributed by atoms with Gasteiger partial charge in [-0.1, -0.05) is 64.0 Å². The van der Waals surface area contributed by atoms with E-state index in [1.807, 2.05) is 5.57 Å². The minimum Gasteiger partial charge on any atom is -0.198 e. The summed E-state index contributed by atoms with van der Waals surface area (Å²) < 4.78 is 0. The van der Waals surface area contributed by atoms with E-state index >= 15 is 0 Å². The second-order valence-corrected chi connectivity index (χ2v) is 11.7. The van der Waals surface area contributed by atoms with Crippen LogP contribution < -0.4 is 0 Å². The van der Waals surface area contributed by atoms with Crippen LogP contribution in [0.5, 0.6) is 0 Å². The van der Waals surface area contributed by atoms with Gasteiger partial charge in [0.05, 0.1) is 6.07 Å². The van der Waals surface area contributed by atoms with Gasteiger partial charge in [-0.2, -0.15) is 5.26 Å². The van der Waals surface area contributed by atoms with Crippen molar-refractivity contribution in [2.75, 3.05) is 0 Å². The Morgan fingerprint density at radius 1 is 0.931 bits per heavy atom. The van der Waals surface area contributed by atoms with Crippen molar-refractivity contribution in [2.45, 2.75) is 123 Å². The number of unbranched alkanes of at least 4 members (excludes halogenated alkanes) is 6. The van der Waals surface area contributed by atoms with Crippen LogP contribution in [0.2, 0.25) is 0 Å². The number of hydrogen-bond donors (Lipinski definition) is 0. The van der Waals surface area contributed by atoms with Gasteiger partial charge in [0.1, 0.15) is 0 Å². The molecule has 0 N–H and O–H groups in total. The van der Waals surface area contributed by atoms with E-state index in [4.69, 9.17) is 5.26 Å². The molecule has 0 aliphatic heterocycles. The van der Waals surface area contributed by atoms with Gasteiger partial charge in [0.15, 0.2) is 0 Å². The zero-order valence-corrected chi connectivity index (χ0v) is 19.4. The van der Waals surface area contributed by atoms with Crippen molar-refractivity contribution in [1.29, 1.82) is 5.26 Å². The first-order valence-corrected chi connectivity index (χ1v) is 13.1. The summed E-state index contributed by atoms with van der Waals surface area (Å²) in [6, 6.07) is 2.28. The van der Waals surface area contributed by atoms with Crippen LogP contribution in [0.25, 0.3) is 0 Å². The Labute approximate surface area is 180 Å². The summed E-state index contributed by atoms with van der Waals surface area (Å²) in [5, 5.41) is 8.67. The maximum atomic E-state index is 8.67. The standard InChI is InChI=1S/C28H45N/c1-27-17-12-15-24(27)26-22(13-8-6-4-3-5-7-11-20-29)21-23-14-9-10-18-28(23,2)25(26)16-19-27/h14,22,24-26H,3-13,15-19,21H2,1-2H3/t22-,24+,25+,26+,27+,28+/m1/s1. The molecule has 4 aliphatic rings. The smallest absolute Gasteiger partial charge is 0.0621 e. The topological polar surface area (TPSA) is 23.8 Å². The van der Waals surface area contributed by atoms with Crippen molar-refractivity contribution in [1.82, 2.24) is 0 Å². The van der Waals surface area contributed by atoms with E-state index in [2.05, 4.69) is 26.0 Å². The van der Waals surface area contributed by atoms with Crippen molar-refractivity contribution in [2.24, 2.45) is 34.5 Å². The number of fused-ring (bicyclic) bond motifs is 5. The maximum absolute atomic E-state index is 8.67. The largest absolute Gasteiger partial charge is 0.198 e. The van der Waals surface area contributed by atoms with Gasteiger partial charge < -0.3 is 0 Å². The van der Waals surface area contributed by atoms with Gasteiger partial charge in [-0.25, -0.2) is 0 Å². The average Bonchev–Trinajstić information content (AvgIpc) is 3.11. The molecule has 0 radical (unpaired) electrons. The SMILES string of the molecule is C[C@@]12CCC[C@H]1[C@@H]1[C@H](CCCCCCCCC#N)CC3=CCCC[C@]3(C)[C@H]1CC2. The quantitative estimate of drug-likeness (QED) is 0.298. The second kappa shape index (κ2) is 9.16. The van der Waals surface area contributed by atoms with Gasteiger partial charge >= 0.3 is 0 Å². The molecule has 0 spiro atoms. The van der Waals surface area contributed by atoms with E-state index in [1.165, 1.54) is 96.3 Å². The summed E-state index contributed by atoms with van der Waals surface area (Å²) in [4.78, 5) is 0. The van der Waals surface area contributed by atoms with E-state index in [9.17, 15) is 0 Å². The van der Waals surface area contributed by atoms with Crippen molar-refractivity contribution < 1.29 is 0 Å². The van der Waals surface area contributed by atoms with Crippen LogP contribution in [0, 0.1) is 45.8 Å². The minimum atomic E-state index is 0.546. The monoisotopic (exact) mass is 395 g/mol. The Bertz CT molecular complexity index is 627. The van der Waals surface area contributed by atoms with Crippen LogP contribution in [-0.2, 0) is 0 Å². The number of nitriles is 1. The highest BCUT2D eigenvalue weighted by molar-refractivity contribution is 5.24. The summed E-state index contributed by atoms with van der Waals surface area (Å²) in [6.07, 6.45) is 26.1. The number of allylic oxidation sites excluding steroid dienone is 2. The average molecular weight is 396 g/mol. The Balaban J connectivity index is 1.40. The molecule has 0 aromatic rings. The molecule has 0 heterocycles. The first kappa shape index (κ1) is 21.5. The fraction of sp³-hybridized carbons (Fsp3) is 0.893. The molecule has 3 saturated carbocycles. The van der Waals surface area contributed by atoms with Gasteiger partial charge in [0.25, 0.3) is 0 Å². The Hall–Kier alpha value is -0.770. The van der Waals surface area contributed by atoms with Gasteiger partial charge in [0.2, 0.25) is 0 Å². The molecule has 0 saturated heterocycles. The van der Waals surface area contributed by atoms with E-state index in [-0.39, 0.29) is 0 Å². The number of nitrogens with zero attached hydrogens (tertiary/aromatic N) is 1.